The third kappa shape index (κ3) is 3.25. The number of hydrogen-bond acceptors (Lipinski definition) is 2. The summed E-state index contributed by atoms with van der Waals surface area (Å²) in [5, 5.41) is 12.2. The molecule has 1 rings (SSSR count). The number of hydrogen-bond donors (Lipinski definition) is 2. The van der Waals surface area contributed by atoms with Crippen molar-refractivity contribution in [1.82, 2.24) is 5.32 Å². The van der Waals surface area contributed by atoms with Crippen LogP contribution in [0.3, 0.4) is 0 Å². The van der Waals surface area contributed by atoms with E-state index in [2.05, 4.69) is 5.32 Å². The zero-order valence-electron chi connectivity index (χ0n) is 9.50. The molecule has 0 aliphatic rings. The molecule has 0 aliphatic carbocycles. The van der Waals surface area contributed by atoms with Gasteiger partial charge in [0, 0.05) is 18.2 Å². The predicted molar refractivity (Wildman–Crippen MR) is 59.1 cm³/mol. The Morgan fingerprint density at radius 3 is 2.38 bits per heavy atom. The van der Waals surface area contributed by atoms with Gasteiger partial charge >= 0.3 is 0 Å². The van der Waals surface area contributed by atoms with Crippen molar-refractivity contribution in [3.05, 3.63) is 35.4 Å². The number of halogens is 2. The number of aliphatic hydroxyl groups is 1. The van der Waals surface area contributed by atoms with Crippen molar-refractivity contribution in [2.75, 3.05) is 6.54 Å². The van der Waals surface area contributed by atoms with Crippen LogP contribution in [-0.4, -0.2) is 17.8 Å². The maximum Gasteiger partial charge on any atom is 0.130 e. The number of benzene rings is 1. The van der Waals surface area contributed by atoms with E-state index in [-0.39, 0.29) is 5.56 Å². The molecule has 4 heteroatoms. The van der Waals surface area contributed by atoms with Gasteiger partial charge in [-0.2, -0.15) is 0 Å². The van der Waals surface area contributed by atoms with Crippen molar-refractivity contribution in [3.8, 4) is 0 Å². The van der Waals surface area contributed by atoms with Gasteiger partial charge in [-0.25, -0.2) is 8.78 Å². The van der Waals surface area contributed by atoms with Crippen LogP contribution in [0, 0.1) is 11.6 Å². The average Bonchev–Trinajstić information content (AvgIpc) is 2.25. The molecule has 0 bridgehead atoms. The van der Waals surface area contributed by atoms with Crippen molar-refractivity contribution in [2.45, 2.75) is 32.4 Å². The molecule has 0 spiro atoms. The molecule has 16 heavy (non-hydrogen) atoms. The molecule has 2 nitrogen and oxygen atoms in total. The third-order valence-corrected chi connectivity index (χ3v) is 2.56. The first kappa shape index (κ1) is 13.1. The maximum atomic E-state index is 13.4. The van der Waals surface area contributed by atoms with Crippen LogP contribution in [0.4, 0.5) is 8.78 Å². The molecule has 0 aromatic heterocycles. The summed E-state index contributed by atoms with van der Waals surface area (Å²) in [6.45, 7) is 3.84. The Kier molecular flexibility index (Phi) is 4.83. The van der Waals surface area contributed by atoms with Gasteiger partial charge in [-0.1, -0.05) is 13.0 Å². The van der Waals surface area contributed by atoms with E-state index in [9.17, 15) is 13.9 Å². The molecule has 1 aromatic rings. The molecule has 1 aromatic carbocycles. The fourth-order valence-corrected chi connectivity index (χ4v) is 1.48. The lowest BCUT2D eigenvalue weighted by Gasteiger charge is -2.17. The maximum absolute atomic E-state index is 13.4. The lowest BCUT2D eigenvalue weighted by molar-refractivity contribution is 0.163. The highest BCUT2D eigenvalue weighted by Crippen LogP contribution is 2.20. The minimum absolute atomic E-state index is 0.0193. The fraction of sp³-hybridized carbons (Fsp3) is 0.500. The molecule has 2 atom stereocenters. The predicted octanol–water partition coefficient (Wildman–Crippen LogP) is 2.39. The molecule has 0 saturated heterocycles. The summed E-state index contributed by atoms with van der Waals surface area (Å²) in [7, 11) is 0. The van der Waals surface area contributed by atoms with Gasteiger partial charge in [-0.3, -0.25) is 0 Å². The molecule has 0 amide bonds. The summed E-state index contributed by atoms with van der Waals surface area (Å²) in [5.41, 5.74) is 0.0193. The van der Waals surface area contributed by atoms with E-state index in [4.69, 9.17) is 0 Å². The Hall–Kier alpha value is -1.00. The van der Waals surface area contributed by atoms with Crippen LogP contribution in [0.1, 0.15) is 31.9 Å². The molecular weight excluding hydrogens is 212 g/mol. The first-order valence-corrected chi connectivity index (χ1v) is 5.41. The van der Waals surface area contributed by atoms with Crippen molar-refractivity contribution in [3.63, 3.8) is 0 Å². The van der Waals surface area contributed by atoms with Crippen LogP contribution in [-0.2, 0) is 0 Å². The Balaban J connectivity index is 2.69. The van der Waals surface area contributed by atoms with E-state index in [1.54, 1.807) is 6.92 Å². The number of rotatable bonds is 5. The molecule has 2 unspecified atom stereocenters. The van der Waals surface area contributed by atoms with Gasteiger partial charge in [0.25, 0.3) is 0 Å². The molecular formula is C12H17F2NO. The second-order valence-electron chi connectivity index (χ2n) is 3.83. The quantitative estimate of drug-likeness (QED) is 0.812. The minimum atomic E-state index is -0.564. The first-order valence-electron chi connectivity index (χ1n) is 5.41. The second kappa shape index (κ2) is 5.92. The summed E-state index contributed by atoms with van der Waals surface area (Å²) in [6.07, 6.45) is 0.122. The van der Waals surface area contributed by atoms with Crippen LogP contribution >= 0.6 is 0 Å². The van der Waals surface area contributed by atoms with Crippen LogP contribution in [0.15, 0.2) is 18.2 Å². The smallest absolute Gasteiger partial charge is 0.130 e. The first-order chi connectivity index (χ1) is 7.56. The van der Waals surface area contributed by atoms with Crippen LogP contribution < -0.4 is 5.32 Å². The third-order valence-electron chi connectivity index (χ3n) is 2.56. The van der Waals surface area contributed by atoms with Gasteiger partial charge in [0.15, 0.2) is 0 Å². The van der Waals surface area contributed by atoms with Crippen LogP contribution in [0.5, 0.6) is 0 Å². The van der Waals surface area contributed by atoms with Gasteiger partial charge in [0.05, 0.1) is 6.10 Å². The van der Waals surface area contributed by atoms with Gasteiger partial charge in [0.2, 0.25) is 0 Å². The van der Waals surface area contributed by atoms with Crippen molar-refractivity contribution in [2.24, 2.45) is 0 Å². The SMILES string of the molecule is CCC(O)CNC(C)c1c(F)cccc1F. The summed E-state index contributed by atoms with van der Waals surface area (Å²) in [4.78, 5) is 0. The fourth-order valence-electron chi connectivity index (χ4n) is 1.48. The summed E-state index contributed by atoms with van der Waals surface area (Å²) in [5.74, 6) is -1.13. The zero-order chi connectivity index (χ0) is 12.1. The molecule has 0 fully saturated rings. The summed E-state index contributed by atoms with van der Waals surface area (Å²) in [6, 6.07) is 3.34. The molecule has 0 saturated carbocycles. The largest absolute Gasteiger partial charge is 0.392 e. The monoisotopic (exact) mass is 229 g/mol. The topological polar surface area (TPSA) is 32.3 Å². The summed E-state index contributed by atoms with van der Waals surface area (Å²) >= 11 is 0. The van der Waals surface area contributed by atoms with Gasteiger partial charge < -0.3 is 10.4 Å². The molecule has 2 N–H and O–H groups in total. The zero-order valence-corrected chi connectivity index (χ0v) is 9.50. The van der Waals surface area contributed by atoms with Gasteiger partial charge in [0.1, 0.15) is 11.6 Å². The number of aliphatic hydroxyl groups excluding tert-OH is 1. The highest BCUT2D eigenvalue weighted by Gasteiger charge is 2.15. The highest BCUT2D eigenvalue weighted by atomic mass is 19.1. The van der Waals surface area contributed by atoms with Gasteiger partial charge in [-0.05, 0) is 25.5 Å². The Morgan fingerprint density at radius 1 is 1.31 bits per heavy atom. The molecule has 0 radical (unpaired) electrons. The van der Waals surface area contributed by atoms with E-state index in [0.717, 1.165) is 0 Å². The van der Waals surface area contributed by atoms with E-state index in [1.165, 1.54) is 18.2 Å². The normalized spacial score (nSPS) is 14.8. The lowest BCUT2D eigenvalue weighted by Crippen LogP contribution is -2.29. The van der Waals surface area contributed by atoms with Crippen molar-refractivity contribution >= 4 is 0 Å². The lowest BCUT2D eigenvalue weighted by atomic mass is 10.1. The Morgan fingerprint density at radius 2 is 1.88 bits per heavy atom. The van der Waals surface area contributed by atoms with Crippen molar-refractivity contribution < 1.29 is 13.9 Å². The van der Waals surface area contributed by atoms with E-state index >= 15 is 0 Å². The molecule has 90 valence electrons. The standard InChI is InChI=1S/C12H17F2NO/c1-3-9(16)7-15-8(2)12-10(13)5-4-6-11(12)14/h4-6,8-9,15-16H,3,7H2,1-2H3. The highest BCUT2D eigenvalue weighted by molar-refractivity contribution is 5.22. The number of nitrogens with one attached hydrogen (secondary N) is 1. The average molecular weight is 229 g/mol. The van der Waals surface area contributed by atoms with Gasteiger partial charge in [-0.15, -0.1) is 0 Å². The van der Waals surface area contributed by atoms with Crippen molar-refractivity contribution in [1.29, 1.82) is 0 Å². The minimum Gasteiger partial charge on any atom is -0.392 e. The molecule has 0 aliphatic heterocycles. The Labute approximate surface area is 94.3 Å². The Bertz CT molecular complexity index is 324. The van der Waals surface area contributed by atoms with Crippen LogP contribution in [0.2, 0.25) is 0 Å². The van der Waals surface area contributed by atoms with E-state index in [1.807, 2.05) is 6.92 Å². The molecule has 0 heterocycles. The van der Waals surface area contributed by atoms with Crippen LogP contribution in [0.25, 0.3) is 0 Å². The van der Waals surface area contributed by atoms with E-state index in [0.29, 0.717) is 13.0 Å². The summed E-state index contributed by atoms with van der Waals surface area (Å²) < 4.78 is 26.7. The second-order valence-corrected chi connectivity index (χ2v) is 3.83. The van der Waals surface area contributed by atoms with E-state index < -0.39 is 23.8 Å².